The zero-order valence-electron chi connectivity index (χ0n) is 8.11. The summed E-state index contributed by atoms with van der Waals surface area (Å²) >= 11 is 5.43. The predicted molar refractivity (Wildman–Crippen MR) is 61.1 cm³/mol. The summed E-state index contributed by atoms with van der Waals surface area (Å²) in [5.41, 5.74) is 0.486. The highest BCUT2D eigenvalue weighted by molar-refractivity contribution is 6.68. The normalized spacial score (nSPS) is 10.3. The molecule has 0 amide bonds. The van der Waals surface area contributed by atoms with Crippen molar-refractivity contribution in [3.05, 3.63) is 47.5 Å². The lowest BCUT2D eigenvalue weighted by Gasteiger charge is -2.05. The molecule has 2 aromatic carbocycles. The zero-order chi connectivity index (χ0) is 11.7. The average Bonchev–Trinajstić information content (AvgIpc) is 2.27. The van der Waals surface area contributed by atoms with E-state index in [1.807, 2.05) is 0 Å². The topological polar surface area (TPSA) is 54.4 Å². The van der Waals surface area contributed by atoms with E-state index < -0.39 is 11.2 Å². The Bertz CT molecular complexity index is 537. The molecule has 0 spiro atoms. The third-order valence-electron chi connectivity index (χ3n) is 2.37. The number of aromatic carboxylic acids is 1. The summed E-state index contributed by atoms with van der Waals surface area (Å²) in [6.07, 6.45) is 0. The van der Waals surface area contributed by atoms with Crippen LogP contribution >= 0.6 is 11.6 Å². The molecule has 3 nitrogen and oxygen atoms in total. The maximum atomic E-state index is 11.2. The molecule has 0 aliphatic rings. The van der Waals surface area contributed by atoms with Crippen molar-refractivity contribution in [2.75, 3.05) is 0 Å². The summed E-state index contributed by atoms with van der Waals surface area (Å²) in [7, 11) is 0. The van der Waals surface area contributed by atoms with Gasteiger partial charge in [-0.05, 0) is 34.5 Å². The smallest absolute Gasteiger partial charge is 0.336 e. The van der Waals surface area contributed by atoms with Crippen molar-refractivity contribution in [3.63, 3.8) is 0 Å². The molecular formula is C12H7ClO3. The minimum Gasteiger partial charge on any atom is -0.478 e. The van der Waals surface area contributed by atoms with Gasteiger partial charge in [-0.3, -0.25) is 4.79 Å². The van der Waals surface area contributed by atoms with Crippen molar-refractivity contribution in [1.82, 2.24) is 0 Å². The van der Waals surface area contributed by atoms with E-state index in [0.717, 1.165) is 0 Å². The third kappa shape index (κ3) is 1.66. The highest BCUT2D eigenvalue weighted by Gasteiger charge is 2.13. The minimum atomic E-state index is -1.02. The van der Waals surface area contributed by atoms with Gasteiger partial charge in [0, 0.05) is 5.56 Å². The van der Waals surface area contributed by atoms with Gasteiger partial charge in [-0.2, -0.15) is 0 Å². The Morgan fingerprint density at radius 2 is 1.44 bits per heavy atom. The molecule has 1 N–H and O–H groups in total. The van der Waals surface area contributed by atoms with Crippen molar-refractivity contribution >= 4 is 33.6 Å². The van der Waals surface area contributed by atoms with Gasteiger partial charge in [0.2, 0.25) is 0 Å². The van der Waals surface area contributed by atoms with Crippen molar-refractivity contribution in [2.45, 2.75) is 0 Å². The van der Waals surface area contributed by atoms with Crippen molar-refractivity contribution in [1.29, 1.82) is 0 Å². The number of carbonyl (C=O) groups is 2. The van der Waals surface area contributed by atoms with E-state index in [1.165, 1.54) is 12.1 Å². The number of hydrogen-bond acceptors (Lipinski definition) is 2. The summed E-state index contributed by atoms with van der Waals surface area (Å²) < 4.78 is 0. The molecule has 0 aliphatic heterocycles. The van der Waals surface area contributed by atoms with Crippen LogP contribution in [-0.4, -0.2) is 16.3 Å². The molecule has 0 atom stereocenters. The first kappa shape index (κ1) is 10.6. The first-order chi connectivity index (χ1) is 7.61. The van der Waals surface area contributed by atoms with Gasteiger partial charge in [-0.1, -0.05) is 24.3 Å². The standard InChI is InChI=1S/C12H7ClO3/c13-11(14)9-5-6-10(12(15)16)8-4-2-1-3-7(8)9/h1-6H,(H,15,16). The van der Waals surface area contributed by atoms with Crippen LogP contribution in [0.3, 0.4) is 0 Å². The number of carboxylic acids is 1. The summed E-state index contributed by atoms with van der Waals surface area (Å²) in [4.78, 5) is 22.1. The quantitative estimate of drug-likeness (QED) is 0.813. The number of rotatable bonds is 2. The van der Waals surface area contributed by atoms with Gasteiger partial charge in [0.15, 0.2) is 0 Å². The lowest BCUT2D eigenvalue weighted by molar-refractivity contribution is 0.0698. The monoisotopic (exact) mass is 234 g/mol. The van der Waals surface area contributed by atoms with E-state index in [4.69, 9.17) is 16.7 Å². The maximum Gasteiger partial charge on any atom is 0.336 e. The minimum absolute atomic E-state index is 0.164. The van der Waals surface area contributed by atoms with Crippen LogP contribution in [0.4, 0.5) is 0 Å². The SMILES string of the molecule is O=C(O)c1ccc(C(=O)Cl)c2ccccc12. The number of carboxylic acid groups (broad SMARTS) is 1. The summed E-state index contributed by atoms with van der Waals surface area (Å²) in [5, 5.41) is 9.48. The molecule has 80 valence electrons. The number of hydrogen-bond donors (Lipinski definition) is 1. The molecular weight excluding hydrogens is 228 g/mol. The van der Waals surface area contributed by atoms with E-state index in [0.29, 0.717) is 16.3 Å². The van der Waals surface area contributed by atoms with Gasteiger partial charge >= 0.3 is 5.97 Å². The lowest BCUT2D eigenvalue weighted by atomic mass is 10.0. The Labute approximate surface area is 96.3 Å². The summed E-state index contributed by atoms with van der Waals surface area (Å²) in [6.45, 7) is 0. The molecule has 0 radical (unpaired) electrons. The second-order valence-electron chi connectivity index (χ2n) is 3.29. The highest BCUT2D eigenvalue weighted by atomic mass is 35.5. The molecule has 16 heavy (non-hydrogen) atoms. The van der Waals surface area contributed by atoms with Gasteiger partial charge in [0.05, 0.1) is 5.56 Å². The predicted octanol–water partition coefficient (Wildman–Crippen LogP) is 2.92. The largest absolute Gasteiger partial charge is 0.478 e. The lowest BCUT2D eigenvalue weighted by Crippen LogP contribution is -2.00. The van der Waals surface area contributed by atoms with Crippen molar-refractivity contribution in [2.24, 2.45) is 0 Å². The third-order valence-corrected chi connectivity index (χ3v) is 2.57. The molecule has 4 heteroatoms. The van der Waals surface area contributed by atoms with Gasteiger partial charge in [-0.25, -0.2) is 4.79 Å². The molecule has 0 heterocycles. The molecule has 0 saturated heterocycles. The molecule has 0 bridgehead atoms. The van der Waals surface area contributed by atoms with Gasteiger partial charge in [0.1, 0.15) is 0 Å². The van der Waals surface area contributed by atoms with E-state index in [9.17, 15) is 9.59 Å². The molecule has 0 saturated carbocycles. The van der Waals surface area contributed by atoms with Crippen LogP contribution in [0.15, 0.2) is 36.4 Å². The van der Waals surface area contributed by atoms with E-state index in [1.54, 1.807) is 24.3 Å². The van der Waals surface area contributed by atoms with Gasteiger partial charge in [0.25, 0.3) is 5.24 Å². The van der Waals surface area contributed by atoms with Crippen LogP contribution in [-0.2, 0) is 0 Å². The zero-order valence-corrected chi connectivity index (χ0v) is 8.86. The van der Waals surface area contributed by atoms with Crippen molar-refractivity contribution < 1.29 is 14.7 Å². The summed E-state index contributed by atoms with van der Waals surface area (Å²) in [5.74, 6) is -1.02. The fourth-order valence-electron chi connectivity index (χ4n) is 1.66. The number of benzene rings is 2. The number of fused-ring (bicyclic) bond motifs is 1. The fraction of sp³-hybridized carbons (Fsp3) is 0. The second kappa shape index (κ2) is 3.94. The van der Waals surface area contributed by atoms with Crippen LogP contribution in [0.5, 0.6) is 0 Å². The van der Waals surface area contributed by atoms with Gasteiger partial charge in [-0.15, -0.1) is 0 Å². The van der Waals surface area contributed by atoms with Crippen LogP contribution in [0.1, 0.15) is 20.7 Å². The van der Waals surface area contributed by atoms with Crippen LogP contribution in [0.2, 0.25) is 0 Å². The first-order valence-electron chi connectivity index (χ1n) is 4.56. The van der Waals surface area contributed by atoms with Crippen LogP contribution < -0.4 is 0 Å². The van der Waals surface area contributed by atoms with Crippen LogP contribution in [0, 0.1) is 0 Å². The Hall–Kier alpha value is -1.87. The number of halogens is 1. The van der Waals surface area contributed by atoms with Crippen molar-refractivity contribution in [3.8, 4) is 0 Å². The van der Waals surface area contributed by atoms with Gasteiger partial charge < -0.3 is 5.11 Å². The Kier molecular flexibility index (Phi) is 2.62. The van der Waals surface area contributed by atoms with E-state index in [-0.39, 0.29) is 5.56 Å². The highest BCUT2D eigenvalue weighted by Crippen LogP contribution is 2.24. The Morgan fingerprint density at radius 1 is 0.938 bits per heavy atom. The first-order valence-corrected chi connectivity index (χ1v) is 4.94. The molecule has 0 unspecified atom stereocenters. The molecule has 0 fully saturated rings. The van der Waals surface area contributed by atoms with E-state index >= 15 is 0 Å². The molecule has 0 aliphatic carbocycles. The second-order valence-corrected chi connectivity index (χ2v) is 3.63. The molecule has 2 rings (SSSR count). The van der Waals surface area contributed by atoms with E-state index in [2.05, 4.69) is 0 Å². The fourth-order valence-corrected chi connectivity index (χ4v) is 1.82. The maximum absolute atomic E-state index is 11.2. The van der Waals surface area contributed by atoms with Crippen LogP contribution in [0.25, 0.3) is 10.8 Å². The summed E-state index contributed by atoms with van der Waals surface area (Å²) in [6, 6.07) is 9.61. The Morgan fingerprint density at radius 3 is 1.94 bits per heavy atom. The average molecular weight is 235 g/mol. The number of carbonyl (C=O) groups excluding carboxylic acids is 1. The molecule has 2 aromatic rings. The molecule has 0 aromatic heterocycles. The Balaban J connectivity index is 2.87.